The van der Waals surface area contributed by atoms with Crippen LogP contribution < -0.4 is 5.32 Å². The topological polar surface area (TPSA) is 12.0 Å². The van der Waals surface area contributed by atoms with Gasteiger partial charge in [0.05, 0.1) is 5.56 Å². The van der Waals surface area contributed by atoms with Gasteiger partial charge in [-0.3, -0.25) is 0 Å². The zero-order chi connectivity index (χ0) is 12.5. The Labute approximate surface area is 98.3 Å². The third-order valence-electron chi connectivity index (χ3n) is 2.90. The molecule has 1 unspecified atom stereocenters. The number of rotatable bonds is 1. The van der Waals surface area contributed by atoms with Crippen LogP contribution in [0.3, 0.4) is 0 Å². The van der Waals surface area contributed by atoms with Crippen LogP contribution in [0.25, 0.3) is 5.57 Å². The van der Waals surface area contributed by atoms with E-state index in [-0.39, 0.29) is 0 Å². The molecule has 1 heterocycles. The quantitative estimate of drug-likeness (QED) is 0.793. The van der Waals surface area contributed by atoms with Crippen molar-refractivity contribution in [2.75, 3.05) is 6.54 Å². The SMILES string of the molecule is CC1CC(c2cccc(C(F)(F)F)c2)=CCN1. The first-order valence-electron chi connectivity index (χ1n) is 5.57. The van der Waals surface area contributed by atoms with Crippen molar-refractivity contribution < 1.29 is 13.2 Å². The van der Waals surface area contributed by atoms with Gasteiger partial charge in [-0.05, 0) is 36.6 Å². The fourth-order valence-corrected chi connectivity index (χ4v) is 2.00. The van der Waals surface area contributed by atoms with Crippen LogP contribution in [-0.2, 0) is 6.18 Å². The van der Waals surface area contributed by atoms with E-state index in [9.17, 15) is 13.2 Å². The van der Waals surface area contributed by atoms with Gasteiger partial charge in [0.25, 0.3) is 0 Å². The van der Waals surface area contributed by atoms with Crippen molar-refractivity contribution >= 4 is 5.57 Å². The molecule has 1 aliphatic rings. The van der Waals surface area contributed by atoms with Gasteiger partial charge in [0.1, 0.15) is 0 Å². The number of halogens is 3. The number of alkyl halides is 3. The fraction of sp³-hybridized carbons (Fsp3) is 0.385. The average molecular weight is 241 g/mol. The van der Waals surface area contributed by atoms with Gasteiger partial charge in [-0.1, -0.05) is 18.2 Å². The van der Waals surface area contributed by atoms with Gasteiger partial charge in [0.15, 0.2) is 0 Å². The molecule has 1 nitrogen and oxygen atoms in total. The molecule has 0 radical (unpaired) electrons. The van der Waals surface area contributed by atoms with Crippen molar-refractivity contribution in [2.24, 2.45) is 0 Å². The third kappa shape index (κ3) is 2.88. The Hall–Kier alpha value is -1.29. The molecule has 0 bridgehead atoms. The lowest BCUT2D eigenvalue weighted by Crippen LogP contribution is -2.29. The Morgan fingerprint density at radius 1 is 1.29 bits per heavy atom. The van der Waals surface area contributed by atoms with Crippen LogP contribution in [-0.4, -0.2) is 12.6 Å². The van der Waals surface area contributed by atoms with Gasteiger partial charge in [-0.2, -0.15) is 13.2 Å². The normalized spacial score (nSPS) is 21.2. The molecule has 0 fully saturated rings. The molecule has 0 saturated carbocycles. The minimum Gasteiger partial charge on any atom is -0.310 e. The van der Waals surface area contributed by atoms with Crippen LogP contribution in [0.4, 0.5) is 13.2 Å². The first-order chi connectivity index (χ1) is 7.97. The molecular weight excluding hydrogens is 227 g/mol. The summed E-state index contributed by atoms with van der Waals surface area (Å²) in [6, 6.07) is 5.84. The van der Waals surface area contributed by atoms with E-state index in [2.05, 4.69) is 5.32 Å². The molecule has 92 valence electrons. The molecule has 1 N–H and O–H groups in total. The molecule has 0 aliphatic carbocycles. The van der Waals surface area contributed by atoms with Gasteiger partial charge in [-0.25, -0.2) is 0 Å². The van der Waals surface area contributed by atoms with Crippen LogP contribution in [0.5, 0.6) is 0 Å². The maximum atomic E-state index is 12.6. The van der Waals surface area contributed by atoms with E-state index in [1.54, 1.807) is 6.07 Å². The van der Waals surface area contributed by atoms with Gasteiger partial charge < -0.3 is 5.32 Å². The molecule has 2 rings (SSSR count). The second kappa shape index (κ2) is 4.53. The Morgan fingerprint density at radius 2 is 2.06 bits per heavy atom. The molecule has 1 aromatic rings. The average Bonchev–Trinajstić information content (AvgIpc) is 2.28. The number of hydrogen-bond donors (Lipinski definition) is 1. The van der Waals surface area contributed by atoms with E-state index in [1.165, 1.54) is 12.1 Å². The van der Waals surface area contributed by atoms with Gasteiger partial charge in [0, 0.05) is 12.6 Å². The van der Waals surface area contributed by atoms with E-state index in [0.717, 1.165) is 18.1 Å². The summed E-state index contributed by atoms with van der Waals surface area (Å²) < 4.78 is 37.7. The lowest BCUT2D eigenvalue weighted by Gasteiger charge is -2.21. The lowest BCUT2D eigenvalue weighted by atomic mass is 9.95. The van der Waals surface area contributed by atoms with Crippen molar-refractivity contribution in [2.45, 2.75) is 25.6 Å². The predicted molar refractivity (Wildman–Crippen MR) is 61.5 cm³/mol. The number of nitrogens with one attached hydrogen (secondary N) is 1. The Bertz CT molecular complexity index is 435. The summed E-state index contributed by atoms with van der Waals surface area (Å²) in [5.74, 6) is 0. The highest BCUT2D eigenvalue weighted by Gasteiger charge is 2.30. The Kier molecular flexibility index (Phi) is 3.24. The fourth-order valence-electron chi connectivity index (χ4n) is 2.00. The van der Waals surface area contributed by atoms with Crippen molar-refractivity contribution in [3.8, 4) is 0 Å². The molecule has 0 aromatic heterocycles. The molecule has 1 atom stereocenters. The Balaban J connectivity index is 2.31. The highest BCUT2D eigenvalue weighted by molar-refractivity contribution is 5.67. The molecule has 0 spiro atoms. The third-order valence-corrected chi connectivity index (χ3v) is 2.90. The summed E-state index contributed by atoms with van der Waals surface area (Å²) in [5, 5.41) is 3.23. The van der Waals surface area contributed by atoms with Crippen LogP contribution in [0, 0.1) is 0 Å². The summed E-state index contributed by atoms with van der Waals surface area (Å²) in [7, 11) is 0. The van der Waals surface area contributed by atoms with E-state index in [0.29, 0.717) is 18.2 Å². The van der Waals surface area contributed by atoms with Crippen molar-refractivity contribution in [1.82, 2.24) is 5.32 Å². The minimum atomic E-state index is -4.27. The first kappa shape index (κ1) is 12.2. The van der Waals surface area contributed by atoms with Crippen LogP contribution in [0.15, 0.2) is 30.3 Å². The van der Waals surface area contributed by atoms with Crippen LogP contribution in [0.1, 0.15) is 24.5 Å². The molecule has 1 aliphatic heterocycles. The van der Waals surface area contributed by atoms with Gasteiger partial charge in [-0.15, -0.1) is 0 Å². The van der Waals surface area contributed by atoms with E-state index < -0.39 is 11.7 Å². The second-order valence-corrected chi connectivity index (χ2v) is 4.32. The molecule has 4 heteroatoms. The first-order valence-corrected chi connectivity index (χ1v) is 5.57. The van der Waals surface area contributed by atoms with Crippen molar-refractivity contribution in [1.29, 1.82) is 0 Å². The molecule has 17 heavy (non-hydrogen) atoms. The second-order valence-electron chi connectivity index (χ2n) is 4.32. The molecule has 0 saturated heterocycles. The standard InChI is InChI=1S/C13H14F3N/c1-9-7-11(5-6-17-9)10-3-2-4-12(8-10)13(14,15)16/h2-5,8-9,17H,6-7H2,1H3. The van der Waals surface area contributed by atoms with E-state index >= 15 is 0 Å². The maximum Gasteiger partial charge on any atom is 0.416 e. The summed E-state index contributed by atoms with van der Waals surface area (Å²) in [6.07, 6.45) is -1.55. The maximum absolute atomic E-state index is 12.6. The highest BCUT2D eigenvalue weighted by atomic mass is 19.4. The monoisotopic (exact) mass is 241 g/mol. The van der Waals surface area contributed by atoms with Crippen molar-refractivity contribution in [3.63, 3.8) is 0 Å². The minimum absolute atomic E-state index is 0.310. The largest absolute Gasteiger partial charge is 0.416 e. The molecule has 0 amide bonds. The highest BCUT2D eigenvalue weighted by Crippen LogP contribution is 2.32. The molecule has 1 aromatic carbocycles. The number of benzene rings is 1. The summed E-state index contributed by atoms with van der Waals surface area (Å²) >= 11 is 0. The van der Waals surface area contributed by atoms with Gasteiger partial charge >= 0.3 is 6.18 Å². The molecular formula is C13H14F3N. The van der Waals surface area contributed by atoms with Crippen molar-refractivity contribution in [3.05, 3.63) is 41.5 Å². The zero-order valence-corrected chi connectivity index (χ0v) is 9.51. The summed E-state index contributed by atoms with van der Waals surface area (Å²) in [6.45, 7) is 2.74. The lowest BCUT2D eigenvalue weighted by molar-refractivity contribution is -0.137. The smallest absolute Gasteiger partial charge is 0.310 e. The summed E-state index contributed by atoms with van der Waals surface area (Å²) in [5.41, 5.74) is 1.08. The van der Waals surface area contributed by atoms with E-state index in [1.807, 2.05) is 13.0 Å². The Morgan fingerprint density at radius 3 is 2.71 bits per heavy atom. The predicted octanol–water partition coefficient (Wildman–Crippen LogP) is 3.47. The van der Waals surface area contributed by atoms with Crippen LogP contribution >= 0.6 is 0 Å². The van der Waals surface area contributed by atoms with Crippen LogP contribution in [0.2, 0.25) is 0 Å². The van der Waals surface area contributed by atoms with E-state index in [4.69, 9.17) is 0 Å². The zero-order valence-electron chi connectivity index (χ0n) is 9.51. The number of hydrogen-bond acceptors (Lipinski definition) is 1. The summed E-state index contributed by atoms with van der Waals surface area (Å²) in [4.78, 5) is 0. The van der Waals surface area contributed by atoms with Gasteiger partial charge in [0.2, 0.25) is 0 Å².